The van der Waals surface area contributed by atoms with Gasteiger partial charge in [-0.3, -0.25) is 0 Å². The summed E-state index contributed by atoms with van der Waals surface area (Å²) in [6.07, 6.45) is 8.54. The van der Waals surface area contributed by atoms with Crippen LogP contribution in [0.1, 0.15) is 75.1 Å². The number of halogens is 2. The van der Waals surface area contributed by atoms with Crippen LogP contribution >= 0.6 is 17.0 Å². The molecule has 0 fully saturated rings. The first-order valence-corrected chi connectivity index (χ1v) is 32.7. The number of unbranched alkanes of at least 4 members (excludes halogenated alkanes) is 1. The maximum atomic E-state index is 8.69. The second-order valence-corrected chi connectivity index (χ2v) is 56.1. The molecule has 0 bridgehead atoms. The summed E-state index contributed by atoms with van der Waals surface area (Å²) in [6.45, 7) is 14.2. The zero-order valence-corrected chi connectivity index (χ0v) is 32.1. The second-order valence-electron chi connectivity index (χ2n) is 13.6. The molecule has 0 saturated heterocycles. The summed E-state index contributed by atoms with van der Waals surface area (Å²) < 4.78 is 0.208. The Morgan fingerprint density at radius 1 is 0.727 bits per heavy atom. The summed E-state index contributed by atoms with van der Waals surface area (Å²) >= 11 is -4.83. The molecule has 0 aromatic heterocycles. The molecule has 4 aromatic rings. The van der Waals surface area contributed by atoms with Crippen molar-refractivity contribution in [1.82, 2.24) is 0 Å². The Balaban J connectivity index is 1.61. The Morgan fingerprint density at radius 2 is 1.34 bits per heavy atom. The van der Waals surface area contributed by atoms with Crippen LogP contribution in [0.2, 0.25) is 13.1 Å². The van der Waals surface area contributed by atoms with Crippen molar-refractivity contribution >= 4 is 35.1 Å². The van der Waals surface area contributed by atoms with Crippen LogP contribution in [0.15, 0.2) is 102 Å². The summed E-state index contributed by atoms with van der Waals surface area (Å²) in [7, 11) is 17.4. The molecule has 0 saturated carbocycles. The third kappa shape index (κ3) is 5.13. The van der Waals surface area contributed by atoms with Crippen LogP contribution < -0.4 is 0 Å². The van der Waals surface area contributed by atoms with Crippen LogP contribution in [0.25, 0.3) is 34.4 Å². The molecule has 0 aliphatic heterocycles. The van der Waals surface area contributed by atoms with Crippen molar-refractivity contribution in [2.45, 2.75) is 67.3 Å². The fraction of sp³-hybridized carbons (Fsp3) is 0.300. The van der Waals surface area contributed by atoms with E-state index in [9.17, 15) is 0 Å². The van der Waals surface area contributed by atoms with E-state index in [4.69, 9.17) is 17.0 Å². The van der Waals surface area contributed by atoms with E-state index >= 15 is 0 Å². The van der Waals surface area contributed by atoms with Crippen LogP contribution in [0.3, 0.4) is 0 Å². The van der Waals surface area contributed by atoms with Gasteiger partial charge in [0, 0.05) is 0 Å². The van der Waals surface area contributed by atoms with Gasteiger partial charge in [0.25, 0.3) is 0 Å². The number of aryl methyl sites for hydroxylation is 1. The average molecular weight is 716 g/mol. The van der Waals surface area contributed by atoms with Gasteiger partial charge in [-0.25, -0.2) is 0 Å². The molecular formula is C40H45Cl2SiZr. The first kappa shape index (κ1) is 32.0. The van der Waals surface area contributed by atoms with Crippen molar-refractivity contribution in [2.75, 3.05) is 0 Å². The molecule has 4 aromatic carbocycles. The maximum absolute atomic E-state index is 8.69. The molecule has 44 heavy (non-hydrogen) atoms. The summed E-state index contributed by atoms with van der Waals surface area (Å²) in [5.74, 6) is -1.20. The predicted molar refractivity (Wildman–Crippen MR) is 195 cm³/mol. The number of benzene rings is 4. The summed E-state index contributed by atoms with van der Waals surface area (Å²) in [6, 6.07) is 33.1. The zero-order valence-electron chi connectivity index (χ0n) is 27.0. The molecule has 0 heterocycles. The Labute approximate surface area is 274 Å². The fourth-order valence-electron chi connectivity index (χ4n) is 8.25. The van der Waals surface area contributed by atoms with Crippen LogP contribution in [0, 0.1) is 12.8 Å². The van der Waals surface area contributed by atoms with Gasteiger partial charge in [0.1, 0.15) is 0 Å². The van der Waals surface area contributed by atoms with E-state index in [2.05, 4.69) is 144 Å². The standard InChI is InChI=1S/C21H23.C17H15.C2H7Si.2ClH.Zr/c1-3-4-9-16(2)19-14-18-12-8-13-20(21(18)15-19)17-10-6-5-7-11-17;1-12-10-16-13(2)8-9-15(17(16)11-12)14-6-4-3-5-7-14;1-3-2;;;/h5-8,10-16H,3-4,9H2,1-2H3;3-11H,1-2H3;3H,1-2H3;2*1H;/q;;;;;+2/p-2. The SMILES string of the molecule is CCCCC(C)C1=Cc2c(-c3ccccc3)cccc2[CH]1[Zr]([Cl])([Cl])([CH]1C(C)=Cc2c(-c3ccccc3)ccc(C)c21)[SiH](C)C. The quantitative estimate of drug-likeness (QED) is 0.151. The van der Waals surface area contributed by atoms with Crippen LogP contribution in [-0.4, -0.2) is 5.92 Å². The molecule has 3 atom stereocenters. The van der Waals surface area contributed by atoms with Gasteiger partial charge in [0.15, 0.2) is 0 Å². The van der Waals surface area contributed by atoms with Gasteiger partial charge in [0.05, 0.1) is 0 Å². The van der Waals surface area contributed by atoms with Crippen molar-refractivity contribution in [3.05, 3.63) is 130 Å². The van der Waals surface area contributed by atoms with E-state index in [1.165, 1.54) is 80.5 Å². The molecule has 2 aliphatic rings. The molecule has 6 rings (SSSR count). The normalized spacial score (nSPS) is 19.2. The molecule has 0 spiro atoms. The number of hydrogen-bond acceptors (Lipinski definition) is 0. The fourth-order valence-corrected chi connectivity index (χ4v) is 40.4. The molecule has 227 valence electrons. The Morgan fingerprint density at radius 3 is 1.93 bits per heavy atom. The van der Waals surface area contributed by atoms with Gasteiger partial charge in [-0.1, -0.05) is 0 Å². The van der Waals surface area contributed by atoms with E-state index in [0.29, 0.717) is 5.92 Å². The van der Waals surface area contributed by atoms with Gasteiger partial charge >= 0.3 is 276 Å². The van der Waals surface area contributed by atoms with Crippen molar-refractivity contribution < 1.29 is 15.6 Å². The van der Waals surface area contributed by atoms with Crippen LogP contribution in [-0.2, 0) is 15.6 Å². The molecule has 4 heteroatoms. The second kappa shape index (κ2) is 12.3. The first-order valence-electron chi connectivity index (χ1n) is 16.4. The third-order valence-corrected chi connectivity index (χ3v) is 62.6. The van der Waals surface area contributed by atoms with Crippen molar-refractivity contribution in [1.29, 1.82) is 0 Å². The third-order valence-electron chi connectivity index (χ3n) is 10.7. The van der Waals surface area contributed by atoms with Crippen molar-refractivity contribution in [2.24, 2.45) is 5.92 Å². The first-order chi connectivity index (χ1) is 21.1. The molecule has 2 aliphatic carbocycles. The molecule has 3 unspecified atom stereocenters. The minimum atomic E-state index is -4.83. The number of rotatable bonds is 9. The van der Waals surface area contributed by atoms with Crippen molar-refractivity contribution in [3.8, 4) is 22.3 Å². The van der Waals surface area contributed by atoms with E-state index in [-0.39, 0.29) is 7.25 Å². The van der Waals surface area contributed by atoms with Crippen LogP contribution in [0.5, 0.6) is 0 Å². The van der Waals surface area contributed by atoms with E-state index < -0.39 is 21.5 Å². The van der Waals surface area contributed by atoms with Gasteiger partial charge < -0.3 is 0 Å². The zero-order chi connectivity index (χ0) is 31.2. The molecule has 0 amide bonds. The molecule has 0 radical (unpaired) electrons. The summed E-state index contributed by atoms with van der Waals surface area (Å²) in [4.78, 5) is 0. The molecule has 0 N–H and O–H groups in total. The van der Waals surface area contributed by atoms with Gasteiger partial charge in [0.2, 0.25) is 0 Å². The summed E-state index contributed by atoms with van der Waals surface area (Å²) in [5, 5.41) is 0. The molecule has 0 nitrogen and oxygen atoms in total. The Kier molecular flexibility index (Phi) is 8.97. The van der Waals surface area contributed by atoms with E-state index in [1.807, 2.05) is 0 Å². The van der Waals surface area contributed by atoms with Gasteiger partial charge in [-0.2, -0.15) is 0 Å². The van der Waals surface area contributed by atoms with Gasteiger partial charge in [-0.05, 0) is 0 Å². The average Bonchev–Trinajstić information content (AvgIpc) is 3.61. The van der Waals surface area contributed by atoms with E-state index in [1.54, 1.807) is 0 Å². The Hall–Kier alpha value is -1.96. The Bertz CT molecular complexity index is 1750. The minimum absolute atomic E-state index is 0.100. The number of fused-ring (bicyclic) bond motifs is 2. The van der Waals surface area contributed by atoms with Gasteiger partial charge in [-0.15, -0.1) is 0 Å². The van der Waals surface area contributed by atoms with E-state index in [0.717, 1.165) is 0 Å². The monoisotopic (exact) mass is 713 g/mol. The van der Waals surface area contributed by atoms with Crippen LogP contribution in [0.4, 0.5) is 0 Å². The van der Waals surface area contributed by atoms with Crippen molar-refractivity contribution in [3.63, 3.8) is 0 Å². The predicted octanol–water partition coefficient (Wildman–Crippen LogP) is 12.7. The molecular weight excluding hydrogens is 671 g/mol. The topological polar surface area (TPSA) is 0 Å². The number of hydrogen-bond donors (Lipinski definition) is 0. The number of allylic oxidation sites excluding steroid dienone is 2. The summed E-state index contributed by atoms with van der Waals surface area (Å²) in [5.41, 5.74) is 14.7.